The highest BCUT2D eigenvalue weighted by Gasteiger charge is 1.97. The van der Waals surface area contributed by atoms with Crippen molar-refractivity contribution in [1.29, 1.82) is 5.26 Å². The zero-order valence-corrected chi connectivity index (χ0v) is 9.63. The van der Waals surface area contributed by atoms with Crippen LogP contribution in [0, 0.1) is 17.2 Å². The fraction of sp³-hybridized carbons (Fsp3) is 0.769. The molecule has 0 heterocycles. The Morgan fingerprint density at radius 3 is 2.50 bits per heavy atom. The van der Waals surface area contributed by atoms with Gasteiger partial charge in [0.05, 0.1) is 6.07 Å². The largest absolute Gasteiger partial charge is 0.198 e. The maximum Gasteiger partial charge on any atom is 0.0652 e. The molecule has 1 unspecified atom stereocenters. The summed E-state index contributed by atoms with van der Waals surface area (Å²) in [6.07, 6.45) is 13.0. The first-order valence-corrected chi connectivity index (χ1v) is 5.85. The minimum absolute atomic E-state index is 0.241. The first-order valence-electron chi connectivity index (χ1n) is 5.85. The molecular weight excluding hydrogens is 170 g/mol. The molecule has 0 amide bonds. The van der Waals surface area contributed by atoms with E-state index in [1.807, 2.05) is 6.92 Å². The standard InChI is InChI=1S/C13H23N/c1-3-4-5-6-7-8-9-10-11-13(2)12-14/h5-6,13H,3-4,7-11H2,1-2H3/b6-5+. The van der Waals surface area contributed by atoms with Gasteiger partial charge in [-0.15, -0.1) is 0 Å². The van der Waals surface area contributed by atoms with Gasteiger partial charge < -0.3 is 0 Å². The van der Waals surface area contributed by atoms with Crippen molar-refractivity contribution in [1.82, 2.24) is 0 Å². The van der Waals surface area contributed by atoms with E-state index in [0.29, 0.717) is 0 Å². The van der Waals surface area contributed by atoms with Crippen molar-refractivity contribution >= 4 is 0 Å². The topological polar surface area (TPSA) is 23.8 Å². The molecule has 0 N–H and O–H groups in total. The van der Waals surface area contributed by atoms with Crippen LogP contribution >= 0.6 is 0 Å². The van der Waals surface area contributed by atoms with E-state index in [1.54, 1.807) is 0 Å². The number of hydrogen-bond acceptors (Lipinski definition) is 1. The molecule has 1 atom stereocenters. The highest BCUT2D eigenvalue weighted by molar-refractivity contribution is 4.81. The summed E-state index contributed by atoms with van der Waals surface area (Å²) >= 11 is 0. The van der Waals surface area contributed by atoms with E-state index in [9.17, 15) is 0 Å². The van der Waals surface area contributed by atoms with Crippen LogP contribution in [0.2, 0.25) is 0 Å². The highest BCUT2D eigenvalue weighted by atomic mass is 14.3. The maximum atomic E-state index is 8.57. The molecule has 1 nitrogen and oxygen atoms in total. The summed E-state index contributed by atoms with van der Waals surface area (Å²) in [7, 11) is 0. The van der Waals surface area contributed by atoms with Gasteiger partial charge >= 0.3 is 0 Å². The Morgan fingerprint density at radius 2 is 1.86 bits per heavy atom. The Labute approximate surface area is 88.8 Å². The van der Waals surface area contributed by atoms with E-state index in [1.165, 1.54) is 38.5 Å². The summed E-state index contributed by atoms with van der Waals surface area (Å²) < 4.78 is 0. The lowest BCUT2D eigenvalue weighted by Crippen LogP contribution is -1.89. The predicted octanol–water partition coefficient (Wildman–Crippen LogP) is 4.45. The number of allylic oxidation sites excluding steroid dienone is 2. The van der Waals surface area contributed by atoms with Crippen LogP contribution in [0.5, 0.6) is 0 Å². The Hall–Kier alpha value is -0.770. The molecule has 0 radical (unpaired) electrons. The van der Waals surface area contributed by atoms with Crippen molar-refractivity contribution in [3.8, 4) is 6.07 Å². The molecule has 0 bridgehead atoms. The van der Waals surface area contributed by atoms with Gasteiger partial charge in [-0.25, -0.2) is 0 Å². The van der Waals surface area contributed by atoms with Gasteiger partial charge in [0, 0.05) is 5.92 Å². The number of rotatable bonds is 8. The van der Waals surface area contributed by atoms with E-state index >= 15 is 0 Å². The van der Waals surface area contributed by atoms with Gasteiger partial charge in [0.2, 0.25) is 0 Å². The van der Waals surface area contributed by atoms with Crippen LogP contribution in [0.15, 0.2) is 12.2 Å². The third-order valence-corrected chi connectivity index (χ3v) is 2.35. The first kappa shape index (κ1) is 13.2. The third kappa shape index (κ3) is 9.32. The molecular formula is C13H23N. The summed E-state index contributed by atoms with van der Waals surface area (Å²) in [5, 5.41) is 8.57. The lowest BCUT2D eigenvalue weighted by Gasteiger charge is -2.00. The summed E-state index contributed by atoms with van der Waals surface area (Å²) in [5.74, 6) is 0.241. The summed E-state index contributed by atoms with van der Waals surface area (Å²) in [6, 6.07) is 2.27. The minimum Gasteiger partial charge on any atom is -0.198 e. The van der Waals surface area contributed by atoms with Crippen molar-refractivity contribution in [3.63, 3.8) is 0 Å². The molecule has 0 saturated heterocycles. The van der Waals surface area contributed by atoms with Crippen LogP contribution in [0.25, 0.3) is 0 Å². The first-order chi connectivity index (χ1) is 6.81. The molecule has 0 aromatic carbocycles. The van der Waals surface area contributed by atoms with Gasteiger partial charge in [0.25, 0.3) is 0 Å². The van der Waals surface area contributed by atoms with Crippen LogP contribution in [-0.4, -0.2) is 0 Å². The zero-order valence-electron chi connectivity index (χ0n) is 9.63. The monoisotopic (exact) mass is 193 g/mol. The van der Waals surface area contributed by atoms with E-state index in [0.717, 1.165) is 6.42 Å². The highest BCUT2D eigenvalue weighted by Crippen LogP contribution is 2.09. The van der Waals surface area contributed by atoms with E-state index in [2.05, 4.69) is 25.1 Å². The molecule has 0 rings (SSSR count). The Bertz CT molecular complexity index is 176. The quantitative estimate of drug-likeness (QED) is 0.412. The second-order valence-corrected chi connectivity index (χ2v) is 3.93. The molecule has 0 aliphatic heterocycles. The fourth-order valence-electron chi connectivity index (χ4n) is 1.36. The van der Waals surface area contributed by atoms with Crippen molar-refractivity contribution in [2.24, 2.45) is 5.92 Å². The smallest absolute Gasteiger partial charge is 0.0652 e. The molecule has 0 aromatic heterocycles. The van der Waals surface area contributed by atoms with Gasteiger partial charge in [-0.3, -0.25) is 0 Å². The van der Waals surface area contributed by atoms with Crippen molar-refractivity contribution in [2.45, 2.75) is 58.8 Å². The maximum absolute atomic E-state index is 8.57. The second kappa shape index (κ2) is 10.3. The van der Waals surface area contributed by atoms with Crippen LogP contribution in [0.1, 0.15) is 58.8 Å². The lowest BCUT2D eigenvalue weighted by atomic mass is 10.0. The van der Waals surface area contributed by atoms with Crippen LogP contribution in [-0.2, 0) is 0 Å². The van der Waals surface area contributed by atoms with Gasteiger partial charge in [0.15, 0.2) is 0 Å². The zero-order chi connectivity index (χ0) is 10.6. The molecule has 1 heteroatoms. The van der Waals surface area contributed by atoms with Gasteiger partial charge in [-0.05, 0) is 32.6 Å². The van der Waals surface area contributed by atoms with Crippen molar-refractivity contribution in [2.75, 3.05) is 0 Å². The third-order valence-electron chi connectivity index (χ3n) is 2.35. The molecule has 0 aliphatic carbocycles. The molecule has 0 spiro atoms. The predicted molar refractivity (Wildman–Crippen MR) is 61.9 cm³/mol. The average Bonchev–Trinajstić information content (AvgIpc) is 2.21. The van der Waals surface area contributed by atoms with Crippen molar-refractivity contribution < 1.29 is 0 Å². The number of hydrogen-bond donors (Lipinski definition) is 0. The molecule has 14 heavy (non-hydrogen) atoms. The Morgan fingerprint density at radius 1 is 1.14 bits per heavy atom. The van der Waals surface area contributed by atoms with Crippen LogP contribution in [0.3, 0.4) is 0 Å². The fourth-order valence-corrected chi connectivity index (χ4v) is 1.36. The van der Waals surface area contributed by atoms with E-state index < -0.39 is 0 Å². The minimum atomic E-state index is 0.241. The summed E-state index contributed by atoms with van der Waals surface area (Å²) in [6.45, 7) is 4.20. The van der Waals surface area contributed by atoms with Crippen LogP contribution < -0.4 is 0 Å². The van der Waals surface area contributed by atoms with Crippen molar-refractivity contribution in [3.05, 3.63) is 12.2 Å². The number of unbranched alkanes of at least 4 members (excludes halogenated alkanes) is 4. The molecule has 0 aromatic rings. The van der Waals surface area contributed by atoms with Gasteiger partial charge in [0.1, 0.15) is 0 Å². The molecule has 0 fully saturated rings. The molecule has 0 aliphatic rings. The number of nitriles is 1. The van der Waals surface area contributed by atoms with E-state index in [4.69, 9.17) is 5.26 Å². The van der Waals surface area contributed by atoms with E-state index in [-0.39, 0.29) is 5.92 Å². The summed E-state index contributed by atoms with van der Waals surface area (Å²) in [5.41, 5.74) is 0. The number of nitrogens with zero attached hydrogens (tertiary/aromatic N) is 1. The average molecular weight is 193 g/mol. The SMILES string of the molecule is CCC/C=C/CCCCCC(C)C#N. The van der Waals surface area contributed by atoms with Gasteiger partial charge in [-0.1, -0.05) is 38.3 Å². The molecule has 0 saturated carbocycles. The Balaban J connectivity index is 3.11. The van der Waals surface area contributed by atoms with Gasteiger partial charge in [-0.2, -0.15) is 5.26 Å². The lowest BCUT2D eigenvalue weighted by molar-refractivity contribution is 0.574. The normalized spacial score (nSPS) is 12.9. The Kier molecular flexibility index (Phi) is 9.74. The second-order valence-electron chi connectivity index (χ2n) is 3.93. The summed E-state index contributed by atoms with van der Waals surface area (Å²) in [4.78, 5) is 0. The van der Waals surface area contributed by atoms with Crippen LogP contribution in [0.4, 0.5) is 0 Å². The molecule has 80 valence electrons.